The number of hydrogen-bond acceptors (Lipinski definition) is 2. The lowest BCUT2D eigenvalue weighted by Gasteiger charge is -2.60. The fourth-order valence-corrected chi connectivity index (χ4v) is 8.42. The molecule has 1 aromatic rings. The summed E-state index contributed by atoms with van der Waals surface area (Å²) >= 11 is 0. The van der Waals surface area contributed by atoms with Gasteiger partial charge < -0.3 is 10.1 Å². The van der Waals surface area contributed by atoms with Crippen molar-refractivity contribution in [1.82, 2.24) is 4.98 Å². The second-order valence-corrected chi connectivity index (χ2v) is 10.7. The Morgan fingerprint density at radius 1 is 1.21 bits per heavy atom. The van der Waals surface area contributed by atoms with Crippen LogP contribution in [0.3, 0.4) is 0 Å². The van der Waals surface area contributed by atoms with Crippen LogP contribution in [0.15, 0.2) is 30.0 Å². The molecular formula is C25H35NO2. The number of aliphatic hydroxyl groups is 1. The highest BCUT2D eigenvalue weighted by Crippen LogP contribution is 2.68. The van der Waals surface area contributed by atoms with Crippen LogP contribution in [0.5, 0.6) is 0 Å². The van der Waals surface area contributed by atoms with Crippen molar-refractivity contribution < 1.29 is 9.90 Å². The molecule has 0 spiro atoms. The van der Waals surface area contributed by atoms with Gasteiger partial charge in [-0.05, 0) is 92.6 Å². The summed E-state index contributed by atoms with van der Waals surface area (Å²) < 4.78 is 0. The first-order valence-corrected chi connectivity index (χ1v) is 11.4. The van der Waals surface area contributed by atoms with Crippen LogP contribution in [0.25, 0.3) is 0 Å². The van der Waals surface area contributed by atoms with Gasteiger partial charge in [0.1, 0.15) is 5.78 Å². The number of rotatable bonds is 2. The zero-order valence-corrected chi connectivity index (χ0v) is 17.6. The van der Waals surface area contributed by atoms with Crippen LogP contribution >= 0.6 is 0 Å². The van der Waals surface area contributed by atoms with Gasteiger partial charge in [-0.1, -0.05) is 25.5 Å². The lowest BCUT2D eigenvalue weighted by Crippen LogP contribution is -2.53. The Morgan fingerprint density at radius 3 is 2.75 bits per heavy atom. The number of hydrogen-bond donors (Lipinski definition) is 2. The SMILES string of the molecule is CC(=O)C1CCC2C3CC=C4CC(O)CC(c5ccc[nH]5)C4(C)C3CCC12C. The van der Waals surface area contributed by atoms with E-state index in [-0.39, 0.29) is 22.9 Å². The molecule has 152 valence electrons. The van der Waals surface area contributed by atoms with Gasteiger partial charge in [0.05, 0.1) is 6.10 Å². The molecule has 0 bridgehead atoms. The number of Topliss-reactive ketones (excluding diaryl/α,β-unsaturated/α-hetero) is 1. The van der Waals surface area contributed by atoms with E-state index in [2.05, 4.69) is 37.0 Å². The number of aliphatic hydroxyl groups excluding tert-OH is 1. The van der Waals surface area contributed by atoms with E-state index in [1.54, 1.807) is 0 Å². The third-order valence-corrected chi connectivity index (χ3v) is 9.71. The Bertz CT molecular complexity index is 795. The Balaban J connectivity index is 1.55. The van der Waals surface area contributed by atoms with Crippen molar-refractivity contribution in [2.45, 2.75) is 77.7 Å². The van der Waals surface area contributed by atoms with Gasteiger partial charge in [0.25, 0.3) is 0 Å². The molecule has 1 aromatic heterocycles. The van der Waals surface area contributed by atoms with Gasteiger partial charge in [0.15, 0.2) is 0 Å². The molecule has 2 N–H and O–H groups in total. The number of aromatic nitrogens is 1. The van der Waals surface area contributed by atoms with Crippen molar-refractivity contribution in [2.24, 2.45) is 34.5 Å². The molecule has 3 nitrogen and oxygen atoms in total. The van der Waals surface area contributed by atoms with Crippen molar-refractivity contribution in [3.8, 4) is 0 Å². The van der Waals surface area contributed by atoms with E-state index in [0.29, 0.717) is 29.5 Å². The zero-order chi connectivity index (χ0) is 19.7. The second-order valence-electron chi connectivity index (χ2n) is 10.7. The highest BCUT2D eigenvalue weighted by molar-refractivity contribution is 5.79. The first-order valence-electron chi connectivity index (χ1n) is 11.4. The Hall–Kier alpha value is -1.35. The average molecular weight is 382 g/mol. The number of nitrogens with one attached hydrogen (secondary N) is 1. The number of aromatic amines is 1. The van der Waals surface area contributed by atoms with Crippen molar-refractivity contribution in [3.63, 3.8) is 0 Å². The molecule has 28 heavy (non-hydrogen) atoms. The highest BCUT2D eigenvalue weighted by atomic mass is 16.3. The second kappa shape index (κ2) is 6.32. The number of carbonyl (C=O) groups excluding carboxylic acids is 1. The van der Waals surface area contributed by atoms with Crippen LogP contribution in [-0.2, 0) is 4.79 Å². The molecule has 0 radical (unpaired) electrons. The molecule has 3 saturated carbocycles. The van der Waals surface area contributed by atoms with Crippen LogP contribution in [0.1, 0.15) is 77.3 Å². The van der Waals surface area contributed by atoms with Crippen molar-refractivity contribution in [2.75, 3.05) is 0 Å². The zero-order valence-electron chi connectivity index (χ0n) is 17.6. The van der Waals surface area contributed by atoms with Gasteiger partial charge in [-0.3, -0.25) is 4.79 Å². The van der Waals surface area contributed by atoms with E-state index >= 15 is 0 Å². The molecule has 0 amide bonds. The van der Waals surface area contributed by atoms with Crippen LogP contribution in [0, 0.1) is 34.5 Å². The average Bonchev–Trinajstić information content (AvgIpc) is 3.28. The lowest BCUT2D eigenvalue weighted by atomic mass is 9.44. The molecule has 1 heterocycles. The smallest absolute Gasteiger partial charge is 0.133 e. The molecule has 4 aliphatic rings. The molecule has 5 rings (SSSR count). The predicted molar refractivity (Wildman–Crippen MR) is 111 cm³/mol. The lowest BCUT2D eigenvalue weighted by molar-refractivity contribution is -0.127. The predicted octanol–water partition coefficient (Wildman–Crippen LogP) is 5.24. The molecule has 8 unspecified atom stereocenters. The summed E-state index contributed by atoms with van der Waals surface area (Å²) in [6.45, 7) is 6.73. The fourth-order valence-electron chi connectivity index (χ4n) is 8.42. The molecule has 0 aromatic carbocycles. The number of allylic oxidation sites excluding steroid dienone is 1. The monoisotopic (exact) mass is 381 g/mol. The maximum atomic E-state index is 12.4. The molecule has 4 aliphatic carbocycles. The number of carbonyl (C=O) groups is 1. The summed E-state index contributed by atoms with van der Waals surface area (Å²) in [5, 5.41) is 10.6. The van der Waals surface area contributed by atoms with Crippen molar-refractivity contribution >= 4 is 5.78 Å². The summed E-state index contributed by atoms with van der Waals surface area (Å²) in [6.07, 6.45) is 11.8. The Labute approximate surface area is 169 Å². The summed E-state index contributed by atoms with van der Waals surface area (Å²) in [6, 6.07) is 4.30. The summed E-state index contributed by atoms with van der Waals surface area (Å²) in [5.74, 6) is 3.06. The van der Waals surface area contributed by atoms with Gasteiger partial charge in [-0.2, -0.15) is 0 Å². The maximum Gasteiger partial charge on any atom is 0.133 e. The quantitative estimate of drug-likeness (QED) is 0.689. The van der Waals surface area contributed by atoms with Crippen LogP contribution in [-0.4, -0.2) is 22.0 Å². The summed E-state index contributed by atoms with van der Waals surface area (Å²) in [4.78, 5) is 15.8. The van der Waals surface area contributed by atoms with Crippen molar-refractivity contribution in [3.05, 3.63) is 35.7 Å². The van der Waals surface area contributed by atoms with Gasteiger partial charge in [-0.15, -0.1) is 0 Å². The molecule has 3 heteroatoms. The molecule has 8 atom stereocenters. The summed E-state index contributed by atoms with van der Waals surface area (Å²) in [5.41, 5.74) is 3.11. The van der Waals surface area contributed by atoms with E-state index in [1.165, 1.54) is 30.5 Å². The summed E-state index contributed by atoms with van der Waals surface area (Å²) in [7, 11) is 0. The van der Waals surface area contributed by atoms with Crippen LogP contribution < -0.4 is 0 Å². The number of ketones is 1. The van der Waals surface area contributed by atoms with Gasteiger partial charge in [0, 0.05) is 23.7 Å². The highest BCUT2D eigenvalue weighted by Gasteiger charge is 2.61. The van der Waals surface area contributed by atoms with Gasteiger partial charge in [-0.25, -0.2) is 0 Å². The van der Waals surface area contributed by atoms with Crippen molar-refractivity contribution in [1.29, 1.82) is 0 Å². The van der Waals surface area contributed by atoms with Crippen LogP contribution in [0.4, 0.5) is 0 Å². The van der Waals surface area contributed by atoms with Gasteiger partial charge >= 0.3 is 0 Å². The fraction of sp³-hybridized carbons (Fsp3) is 0.720. The largest absolute Gasteiger partial charge is 0.393 e. The molecule has 0 aliphatic heterocycles. The minimum atomic E-state index is -0.230. The first-order chi connectivity index (χ1) is 13.4. The van der Waals surface area contributed by atoms with Gasteiger partial charge in [0.2, 0.25) is 0 Å². The van der Waals surface area contributed by atoms with E-state index < -0.39 is 0 Å². The van der Waals surface area contributed by atoms with E-state index in [0.717, 1.165) is 25.7 Å². The topological polar surface area (TPSA) is 53.1 Å². The third kappa shape index (κ3) is 2.41. The Kier molecular flexibility index (Phi) is 4.21. The van der Waals surface area contributed by atoms with E-state index in [9.17, 15) is 9.90 Å². The van der Waals surface area contributed by atoms with Crippen LogP contribution in [0.2, 0.25) is 0 Å². The standard InChI is InChI=1S/C25H35NO2/c1-15(27)19-8-9-20-18-7-6-16-13-17(28)14-22(23-5-4-12-26-23)25(16,3)21(18)10-11-24(19,20)2/h4-6,12,17-22,26,28H,7-11,13-14H2,1-3H3. The minimum absolute atomic E-state index is 0.128. The molecule has 0 saturated heterocycles. The Morgan fingerprint density at radius 2 is 2.04 bits per heavy atom. The molecular weight excluding hydrogens is 346 g/mol. The molecule has 3 fully saturated rings. The third-order valence-electron chi connectivity index (χ3n) is 9.71. The normalized spacial score (nSPS) is 47.6. The number of H-pyrrole nitrogens is 1. The van der Waals surface area contributed by atoms with E-state index in [1.807, 2.05) is 13.1 Å². The maximum absolute atomic E-state index is 12.4. The first kappa shape index (κ1) is 18.7. The minimum Gasteiger partial charge on any atom is -0.393 e. The number of fused-ring (bicyclic) bond motifs is 5. The van der Waals surface area contributed by atoms with E-state index in [4.69, 9.17) is 0 Å².